The number of hydrogen-bond acceptors (Lipinski definition) is 4. The van der Waals surface area contributed by atoms with E-state index in [4.69, 9.17) is 11.6 Å². The highest BCUT2D eigenvalue weighted by molar-refractivity contribution is 6.30. The van der Waals surface area contributed by atoms with Crippen LogP contribution in [0.3, 0.4) is 0 Å². The number of anilines is 2. The topological polar surface area (TPSA) is 91.4 Å². The van der Waals surface area contributed by atoms with Gasteiger partial charge >= 0.3 is 0 Å². The first kappa shape index (κ1) is 29.3. The Labute approximate surface area is 241 Å². The second kappa shape index (κ2) is 14.1. The summed E-state index contributed by atoms with van der Waals surface area (Å²) in [6, 6.07) is 17.4. The Balaban J connectivity index is 1.60. The third-order valence-corrected chi connectivity index (χ3v) is 7.50. The van der Waals surface area contributed by atoms with Gasteiger partial charge in [-0.1, -0.05) is 66.8 Å². The molecule has 1 aliphatic carbocycles. The van der Waals surface area contributed by atoms with Gasteiger partial charge in [-0.2, -0.15) is 0 Å². The molecule has 210 valence electrons. The Morgan fingerprint density at radius 3 is 2.40 bits per heavy atom. The molecule has 1 atom stereocenters. The van der Waals surface area contributed by atoms with Crippen LogP contribution in [0.4, 0.5) is 11.5 Å². The van der Waals surface area contributed by atoms with Gasteiger partial charge in [0.2, 0.25) is 17.7 Å². The molecule has 8 heteroatoms. The third kappa shape index (κ3) is 7.92. The number of aryl methyl sites for hydroxylation is 2. The molecule has 4 rings (SSSR count). The van der Waals surface area contributed by atoms with E-state index in [0.717, 1.165) is 36.8 Å². The van der Waals surface area contributed by atoms with E-state index in [2.05, 4.69) is 15.6 Å². The van der Waals surface area contributed by atoms with Gasteiger partial charge in [0.05, 0.1) is 0 Å². The van der Waals surface area contributed by atoms with Crippen molar-refractivity contribution >= 4 is 40.8 Å². The summed E-state index contributed by atoms with van der Waals surface area (Å²) in [7, 11) is 0. The summed E-state index contributed by atoms with van der Waals surface area (Å²) >= 11 is 6.19. The van der Waals surface area contributed by atoms with Gasteiger partial charge in [0, 0.05) is 35.8 Å². The van der Waals surface area contributed by atoms with Crippen molar-refractivity contribution in [2.75, 3.05) is 10.2 Å². The van der Waals surface area contributed by atoms with Gasteiger partial charge in [-0.15, -0.1) is 0 Å². The fourth-order valence-corrected chi connectivity index (χ4v) is 5.37. The molecular formula is C32H37ClN4O3. The molecule has 1 aliphatic rings. The fraction of sp³-hybridized carbons (Fsp3) is 0.375. The molecule has 1 saturated carbocycles. The lowest BCUT2D eigenvalue weighted by atomic mass is 9.94. The van der Waals surface area contributed by atoms with Crippen LogP contribution in [0.25, 0.3) is 0 Å². The predicted octanol–water partition coefficient (Wildman–Crippen LogP) is 6.68. The average Bonchev–Trinajstić information content (AvgIpc) is 2.94. The van der Waals surface area contributed by atoms with Crippen LogP contribution in [0, 0.1) is 13.8 Å². The van der Waals surface area contributed by atoms with Crippen LogP contribution in [0.15, 0.2) is 66.9 Å². The molecule has 1 aromatic heterocycles. The van der Waals surface area contributed by atoms with Crippen molar-refractivity contribution in [3.8, 4) is 0 Å². The van der Waals surface area contributed by atoms with Crippen molar-refractivity contribution in [2.24, 2.45) is 0 Å². The molecule has 7 nitrogen and oxygen atoms in total. The number of rotatable bonds is 10. The minimum Gasteiger partial charge on any atom is -0.351 e. The van der Waals surface area contributed by atoms with Crippen LogP contribution in [-0.2, 0) is 14.4 Å². The number of nitrogens with one attached hydrogen (secondary N) is 2. The quantitative estimate of drug-likeness (QED) is 0.289. The molecule has 0 saturated heterocycles. The summed E-state index contributed by atoms with van der Waals surface area (Å²) in [6.07, 6.45) is 7.39. The zero-order chi connectivity index (χ0) is 28.5. The van der Waals surface area contributed by atoms with Gasteiger partial charge in [0.25, 0.3) is 0 Å². The number of halogens is 1. The zero-order valence-corrected chi connectivity index (χ0v) is 23.9. The Morgan fingerprint density at radius 1 is 0.975 bits per heavy atom. The fourth-order valence-electron chi connectivity index (χ4n) is 5.25. The number of amides is 3. The maximum atomic E-state index is 14.0. The normalized spacial score (nSPS) is 14.3. The first-order valence-corrected chi connectivity index (χ1v) is 14.4. The number of hydrogen-bond donors (Lipinski definition) is 2. The van der Waals surface area contributed by atoms with Gasteiger partial charge in [0.15, 0.2) is 0 Å². The minimum absolute atomic E-state index is 0.0856. The molecule has 0 aliphatic heterocycles. The predicted molar refractivity (Wildman–Crippen MR) is 159 cm³/mol. The van der Waals surface area contributed by atoms with Crippen LogP contribution >= 0.6 is 11.6 Å². The SMILES string of the molecule is Cc1ccc(N(C(=O)CCCC(=O)Nc2ccccn2)[C@H](C(=O)NC2CCCCC2)c2ccc(Cl)cc2)c(C)c1. The van der Waals surface area contributed by atoms with Crippen LogP contribution in [-0.4, -0.2) is 28.7 Å². The second-order valence-corrected chi connectivity index (χ2v) is 10.9. The first-order chi connectivity index (χ1) is 19.3. The molecule has 1 heterocycles. The maximum Gasteiger partial charge on any atom is 0.248 e. The summed E-state index contributed by atoms with van der Waals surface area (Å²) < 4.78 is 0. The van der Waals surface area contributed by atoms with Gasteiger partial charge in [-0.25, -0.2) is 4.98 Å². The van der Waals surface area contributed by atoms with Crippen molar-refractivity contribution in [3.05, 3.63) is 88.6 Å². The van der Waals surface area contributed by atoms with Crippen LogP contribution in [0.1, 0.15) is 74.1 Å². The van der Waals surface area contributed by atoms with E-state index in [0.29, 0.717) is 28.5 Å². The summed E-state index contributed by atoms with van der Waals surface area (Å²) in [5, 5.41) is 6.54. The van der Waals surface area contributed by atoms with Crippen molar-refractivity contribution in [1.29, 1.82) is 0 Å². The van der Waals surface area contributed by atoms with E-state index in [1.807, 2.05) is 32.0 Å². The van der Waals surface area contributed by atoms with Gasteiger partial charge in [-0.05, 0) is 74.6 Å². The van der Waals surface area contributed by atoms with Gasteiger partial charge < -0.3 is 10.6 Å². The zero-order valence-electron chi connectivity index (χ0n) is 23.2. The summed E-state index contributed by atoms with van der Waals surface area (Å²) in [4.78, 5) is 46.2. The highest BCUT2D eigenvalue weighted by atomic mass is 35.5. The second-order valence-electron chi connectivity index (χ2n) is 10.5. The Kier molecular flexibility index (Phi) is 10.3. The molecule has 0 bridgehead atoms. The minimum atomic E-state index is -0.879. The summed E-state index contributed by atoms with van der Waals surface area (Å²) in [5.41, 5.74) is 3.31. The standard InChI is InChI=1S/C32H37ClN4O3/c1-22-14-19-27(23(2)21-22)37(30(39)13-8-12-29(38)36-28-11-6-7-20-34-28)31(24-15-17-25(33)18-16-24)32(40)35-26-9-4-3-5-10-26/h6-7,11,14-21,26,31H,3-5,8-10,12-13H2,1-2H3,(H,35,40)(H,34,36,38)/t31-/m0/s1. The van der Waals surface area contributed by atoms with E-state index in [-0.39, 0.29) is 36.6 Å². The number of benzene rings is 2. The van der Waals surface area contributed by atoms with Crippen LogP contribution in [0.2, 0.25) is 5.02 Å². The smallest absolute Gasteiger partial charge is 0.248 e. The molecule has 2 N–H and O–H groups in total. The van der Waals surface area contributed by atoms with E-state index in [1.165, 1.54) is 6.42 Å². The van der Waals surface area contributed by atoms with Crippen molar-refractivity contribution in [3.63, 3.8) is 0 Å². The molecule has 3 amide bonds. The molecule has 2 aromatic carbocycles. The van der Waals surface area contributed by atoms with E-state index >= 15 is 0 Å². The largest absolute Gasteiger partial charge is 0.351 e. The summed E-state index contributed by atoms with van der Waals surface area (Å²) in [6.45, 7) is 3.94. The number of nitrogens with zero attached hydrogens (tertiary/aromatic N) is 2. The third-order valence-electron chi connectivity index (χ3n) is 7.25. The number of aromatic nitrogens is 1. The van der Waals surface area contributed by atoms with E-state index < -0.39 is 6.04 Å². The lowest BCUT2D eigenvalue weighted by Gasteiger charge is -2.34. The molecule has 0 spiro atoms. The Morgan fingerprint density at radius 2 is 1.73 bits per heavy atom. The molecule has 40 heavy (non-hydrogen) atoms. The lowest BCUT2D eigenvalue weighted by Crippen LogP contribution is -2.47. The molecular weight excluding hydrogens is 524 g/mol. The van der Waals surface area contributed by atoms with Crippen LogP contribution < -0.4 is 15.5 Å². The molecule has 3 aromatic rings. The highest BCUT2D eigenvalue weighted by Crippen LogP contribution is 2.33. The molecule has 0 unspecified atom stereocenters. The summed E-state index contributed by atoms with van der Waals surface area (Å²) in [5.74, 6) is -0.182. The average molecular weight is 561 g/mol. The van der Waals surface area contributed by atoms with E-state index in [9.17, 15) is 14.4 Å². The lowest BCUT2D eigenvalue weighted by molar-refractivity contribution is -0.127. The molecule has 0 radical (unpaired) electrons. The van der Waals surface area contributed by atoms with E-state index in [1.54, 1.807) is 53.6 Å². The maximum absolute atomic E-state index is 14.0. The number of carbonyl (C=O) groups excluding carboxylic acids is 3. The number of carbonyl (C=O) groups is 3. The van der Waals surface area contributed by atoms with Crippen LogP contribution in [0.5, 0.6) is 0 Å². The Hall–Kier alpha value is -3.71. The van der Waals surface area contributed by atoms with Gasteiger partial charge in [0.1, 0.15) is 11.9 Å². The first-order valence-electron chi connectivity index (χ1n) is 14.0. The van der Waals surface area contributed by atoms with Gasteiger partial charge in [-0.3, -0.25) is 19.3 Å². The monoisotopic (exact) mass is 560 g/mol. The molecule has 1 fully saturated rings. The van der Waals surface area contributed by atoms with Crippen molar-refractivity contribution in [2.45, 2.75) is 77.3 Å². The number of pyridine rings is 1. The van der Waals surface area contributed by atoms with Crippen molar-refractivity contribution < 1.29 is 14.4 Å². The van der Waals surface area contributed by atoms with Crippen molar-refractivity contribution in [1.82, 2.24) is 10.3 Å². The Bertz CT molecular complexity index is 1310. The highest BCUT2D eigenvalue weighted by Gasteiger charge is 2.34.